The number of nitrogens with zero attached hydrogens (tertiary/aromatic N) is 2. The summed E-state index contributed by atoms with van der Waals surface area (Å²) < 4.78 is 14.8. The van der Waals surface area contributed by atoms with Crippen molar-refractivity contribution in [2.75, 3.05) is 27.9 Å². The Hall–Kier alpha value is -7.60. The molecule has 1 aromatic heterocycles. The van der Waals surface area contributed by atoms with E-state index in [1.165, 1.54) is 27.4 Å². The average molecular weight is 788 g/mol. The highest BCUT2D eigenvalue weighted by Crippen LogP contribution is 2.36. The monoisotopic (exact) mass is 787 g/mol. The topological polar surface area (TPSA) is 161 Å². The Balaban J connectivity index is 1.37. The minimum absolute atomic E-state index is 0.262. The van der Waals surface area contributed by atoms with E-state index in [2.05, 4.69) is 22.5 Å². The third-order valence-electron chi connectivity index (χ3n) is 9.82. The Morgan fingerprint density at radius 1 is 0.559 bits per heavy atom. The van der Waals surface area contributed by atoms with Gasteiger partial charge in [0.1, 0.15) is 5.84 Å². The Bertz CT molecular complexity index is 2580. The molecule has 0 unspecified atom stereocenters. The second kappa shape index (κ2) is 17.7. The van der Waals surface area contributed by atoms with Crippen LogP contribution in [0.4, 0.5) is 0 Å². The predicted molar refractivity (Wildman–Crippen MR) is 226 cm³/mol. The number of amidine groups is 1. The number of hydrogen-bond acceptors (Lipinski definition) is 10. The number of carbonyl (C=O) groups is 4. The molecule has 3 N–H and O–H groups in total. The number of benzene rings is 3. The van der Waals surface area contributed by atoms with Gasteiger partial charge in [-0.15, -0.1) is 0 Å². The van der Waals surface area contributed by atoms with E-state index in [9.17, 15) is 19.2 Å². The first-order valence-electron chi connectivity index (χ1n) is 19.0. The molecule has 296 valence electrons. The maximum Gasteiger partial charge on any atom is 0.337 e. The van der Waals surface area contributed by atoms with Gasteiger partial charge in [0.25, 0.3) is 0 Å². The van der Waals surface area contributed by atoms with Gasteiger partial charge < -0.3 is 29.8 Å². The fourth-order valence-electron chi connectivity index (χ4n) is 6.84. The van der Waals surface area contributed by atoms with E-state index in [0.29, 0.717) is 39.4 Å². The highest BCUT2D eigenvalue weighted by Gasteiger charge is 2.24. The van der Waals surface area contributed by atoms with E-state index >= 15 is 0 Å². The van der Waals surface area contributed by atoms with E-state index in [0.717, 1.165) is 70.1 Å². The van der Waals surface area contributed by atoms with Crippen LogP contribution in [-0.2, 0) is 19.0 Å². The summed E-state index contributed by atoms with van der Waals surface area (Å²) in [5.74, 6) is -0.862. The van der Waals surface area contributed by atoms with Crippen LogP contribution < -0.4 is 10.6 Å². The van der Waals surface area contributed by atoms with Gasteiger partial charge in [-0.2, -0.15) is 0 Å². The van der Waals surface area contributed by atoms with Gasteiger partial charge in [0.2, 0.25) is 5.91 Å². The van der Waals surface area contributed by atoms with Gasteiger partial charge in [0, 0.05) is 40.7 Å². The van der Waals surface area contributed by atoms with Crippen molar-refractivity contribution in [3.8, 4) is 0 Å². The van der Waals surface area contributed by atoms with E-state index in [-0.39, 0.29) is 5.91 Å². The maximum atomic E-state index is 12.4. The Kier molecular flexibility index (Phi) is 11.9. The number of rotatable bonds is 12. The Morgan fingerprint density at radius 3 is 1.47 bits per heavy atom. The molecule has 0 radical (unpaired) electrons. The molecule has 7 rings (SSSR count). The number of allylic oxidation sites excluding steroid dienone is 5. The summed E-state index contributed by atoms with van der Waals surface area (Å²) in [5, 5.41) is 6.30. The number of ether oxygens (including phenoxy) is 3. The van der Waals surface area contributed by atoms with E-state index < -0.39 is 17.9 Å². The first kappa shape index (κ1) is 39.6. The number of aliphatic imine (C=N–C) groups is 2. The lowest BCUT2D eigenvalue weighted by molar-refractivity contribution is -0.115. The summed E-state index contributed by atoms with van der Waals surface area (Å²) in [6, 6.07) is 25.1. The molecule has 0 saturated carbocycles. The third kappa shape index (κ3) is 8.57. The van der Waals surface area contributed by atoms with E-state index in [4.69, 9.17) is 24.2 Å². The number of unbranched alkanes of at least 4 members (excludes halogenated alkanes) is 1. The molecule has 4 aromatic rings. The van der Waals surface area contributed by atoms with Crippen LogP contribution in [-0.4, -0.2) is 68.2 Å². The molecule has 3 aliphatic heterocycles. The minimum atomic E-state index is -0.465. The van der Waals surface area contributed by atoms with E-state index in [1.54, 1.807) is 54.6 Å². The van der Waals surface area contributed by atoms with Gasteiger partial charge in [0.15, 0.2) is 0 Å². The second-order valence-corrected chi connectivity index (χ2v) is 13.6. The number of hydrogen-bond donors (Lipinski definition) is 3. The first-order chi connectivity index (χ1) is 28.7. The quantitative estimate of drug-likeness (QED) is 0.0763. The molecule has 12 nitrogen and oxygen atoms in total. The van der Waals surface area contributed by atoms with Crippen LogP contribution >= 0.6 is 0 Å². The van der Waals surface area contributed by atoms with Gasteiger partial charge in [-0.3, -0.25) is 4.79 Å². The van der Waals surface area contributed by atoms with Crippen molar-refractivity contribution in [1.82, 2.24) is 15.6 Å². The van der Waals surface area contributed by atoms with Gasteiger partial charge in [0.05, 0.1) is 60.8 Å². The van der Waals surface area contributed by atoms with Gasteiger partial charge in [-0.05, 0) is 102 Å². The molecular weight excluding hydrogens is 747 g/mol. The number of nitrogens with one attached hydrogen (secondary N) is 3. The second-order valence-electron chi connectivity index (χ2n) is 13.6. The van der Waals surface area contributed by atoms with Crippen molar-refractivity contribution in [3.05, 3.63) is 183 Å². The number of H-pyrrole nitrogens is 1. The van der Waals surface area contributed by atoms with E-state index in [1.807, 2.05) is 60.7 Å². The normalized spacial score (nSPS) is 16.6. The zero-order valence-corrected chi connectivity index (χ0v) is 32.9. The molecule has 0 fully saturated rings. The zero-order chi connectivity index (χ0) is 41.5. The first-order valence-corrected chi connectivity index (χ1v) is 19.0. The number of carbonyl (C=O) groups excluding carboxylic acids is 4. The SMILES string of the molecule is CCCCNC1=N/C(=C(/c2ccc(C(=O)OC)cc2)c2ccc(/C(=C3/C=CC(C(=C4/C=CC(=O)N4)/c4ccc(C(=O)OC)cc4)=N3)c3ccc(C(=O)OC)cc3)[nH]2)C=C1. The van der Waals surface area contributed by atoms with Crippen LogP contribution in [0.5, 0.6) is 0 Å². The summed E-state index contributed by atoms with van der Waals surface area (Å²) >= 11 is 0. The molecule has 0 atom stereocenters. The molecule has 0 saturated heterocycles. The molecule has 1 amide bonds. The minimum Gasteiger partial charge on any atom is -0.465 e. The van der Waals surface area contributed by atoms with Crippen LogP contribution in [0.3, 0.4) is 0 Å². The molecule has 4 heterocycles. The van der Waals surface area contributed by atoms with Crippen LogP contribution in [0.15, 0.2) is 148 Å². The number of methoxy groups -OCH3 is 3. The molecule has 3 aromatic carbocycles. The molecular formula is C47H41N5O7. The average Bonchev–Trinajstić information content (AvgIpc) is 4.12. The molecule has 0 bridgehead atoms. The van der Waals surface area contributed by atoms with Crippen molar-refractivity contribution in [3.63, 3.8) is 0 Å². The third-order valence-corrected chi connectivity index (χ3v) is 9.82. The predicted octanol–water partition coefficient (Wildman–Crippen LogP) is 7.36. The van der Waals surface area contributed by atoms with Crippen LogP contribution in [0.2, 0.25) is 0 Å². The zero-order valence-electron chi connectivity index (χ0n) is 32.9. The summed E-state index contributed by atoms with van der Waals surface area (Å²) in [4.78, 5) is 63.1. The van der Waals surface area contributed by atoms with Gasteiger partial charge in [-0.1, -0.05) is 49.7 Å². The lowest BCUT2D eigenvalue weighted by atomic mass is 9.97. The number of aromatic nitrogens is 1. The fourth-order valence-corrected chi connectivity index (χ4v) is 6.84. The van der Waals surface area contributed by atoms with Crippen LogP contribution in [0.25, 0.3) is 16.7 Å². The summed E-state index contributed by atoms with van der Waals surface area (Å²) in [7, 11) is 4.01. The molecule has 3 aliphatic rings. The number of amides is 1. The van der Waals surface area contributed by atoms with Gasteiger partial charge >= 0.3 is 17.9 Å². The fraction of sp³-hybridized carbons (Fsp3) is 0.149. The smallest absolute Gasteiger partial charge is 0.337 e. The Labute approximate surface area is 341 Å². The standard InChI is InChI=1S/C47H41N5O7/c1-5-6-27-48-40-25-23-38(51-40)43(29-9-15-32(16-10-29)46(55)58-3)36-21-19-34(49-36)42(28-7-13-31(14-8-28)45(54)57-2)35-20-22-37(50-35)44(39-24-26-41(53)52-39)30-11-17-33(18-12-30)47(56)59-4/h7-26,49H,5-6,27H2,1-4H3,(H,48,51)(H,52,53)/b42-35-,43-38-,44-39-. The molecule has 0 aliphatic carbocycles. The Morgan fingerprint density at radius 2 is 1.02 bits per heavy atom. The van der Waals surface area contributed by atoms with Crippen molar-refractivity contribution < 1.29 is 33.4 Å². The maximum absolute atomic E-state index is 12.4. The molecule has 0 spiro atoms. The van der Waals surface area contributed by atoms with Crippen LogP contribution in [0, 0.1) is 0 Å². The summed E-state index contributed by atoms with van der Waals surface area (Å²) in [6.07, 6.45) is 12.9. The van der Waals surface area contributed by atoms with Crippen molar-refractivity contribution in [2.24, 2.45) is 9.98 Å². The summed E-state index contributed by atoms with van der Waals surface area (Å²) in [5.41, 5.74) is 9.62. The molecule has 12 heteroatoms. The highest BCUT2D eigenvalue weighted by molar-refractivity contribution is 6.32. The largest absolute Gasteiger partial charge is 0.465 e. The van der Waals surface area contributed by atoms with Crippen LogP contribution in [0.1, 0.15) is 78.9 Å². The van der Waals surface area contributed by atoms with Crippen molar-refractivity contribution >= 4 is 52.1 Å². The highest BCUT2D eigenvalue weighted by atomic mass is 16.5. The lowest BCUT2D eigenvalue weighted by Crippen LogP contribution is -2.21. The van der Waals surface area contributed by atoms with Gasteiger partial charge in [-0.25, -0.2) is 24.4 Å². The number of esters is 3. The van der Waals surface area contributed by atoms with Crippen molar-refractivity contribution in [1.29, 1.82) is 0 Å². The van der Waals surface area contributed by atoms with Crippen molar-refractivity contribution in [2.45, 2.75) is 19.8 Å². The summed E-state index contributed by atoms with van der Waals surface area (Å²) in [6.45, 7) is 2.93. The lowest BCUT2D eigenvalue weighted by Gasteiger charge is -2.13. The molecule has 59 heavy (non-hydrogen) atoms. The number of aromatic amines is 1.